The molecule has 4 aromatic carbocycles. The van der Waals surface area contributed by atoms with Crippen LogP contribution < -0.4 is 15.4 Å². The van der Waals surface area contributed by atoms with Crippen molar-refractivity contribution in [3.63, 3.8) is 0 Å². The highest BCUT2D eigenvalue weighted by atomic mass is 16.5. The third kappa shape index (κ3) is 9.97. The van der Waals surface area contributed by atoms with Crippen LogP contribution in [0.5, 0.6) is 11.5 Å². The first-order valence-corrected chi connectivity index (χ1v) is 16.3. The molecule has 0 aliphatic carbocycles. The van der Waals surface area contributed by atoms with E-state index in [0.717, 1.165) is 27.8 Å². The van der Waals surface area contributed by atoms with Crippen LogP contribution in [0.25, 0.3) is 0 Å². The van der Waals surface area contributed by atoms with Crippen LogP contribution in [0.15, 0.2) is 103 Å². The molecule has 0 fully saturated rings. The smallest absolute Gasteiger partial charge is 0.224 e. The van der Waals surface area contributed by atoms with Gasteiger partial charge in [-0.3, -0.25) is 19.2 Å². The highest BCUT2D eigenvalue weighted by Crippen LogP contribution is 2.26. The lowest BCUT2D eigenvalue weighted by Crippen LogP contribution is -2.47. The van der Waals surface area contributed by atoms with E-state index < -0.39 is 18.0 Å². The van der Waals surface area contributed by atoms with Crippen molar-refractivity contribution in [1.82, 2.24) is 10.6 Å². The SMILES string of the molecule is CC(=O)N[C@H]1Cc2cccc(c2)Oc2cccc(c2)C[C@@H](C(=O)CCc2ccc(C)cc2)NC(=O)[C@H](CCc2ccccc2)CC1=O. The first kappa shape index (κ1) is 33.3. The number of benzene rings is 4. The van der Waals surface area contributed by atoms with Crippen molar-refractivity contribution in [2.45, 2.75) is 70.9 Å². The maximum absolute atomic E-state index is 14.1. The molecule has 1 aliphatic heterocycles. The minimum absolute atomic E-state index is 0.0699. The van der Waals surface area contributed by atoms with Crippen molar-refractivity contribution in [2.75, 3.05) is 0 Å². The van der Waals surface area contributed by atoms with Crippen LogP contribution in [0.4, 0.5) is 0 Å². The molecule has 0 aromatic heterocycles. The third-order valence-corrected chi connectivity index (χ3v) is 8.61. The molecule has 2 N–H and O–H groups in total. The monoisotopic (exact) mass is 630 g/mol. The molecule has 0 spiro atoms. The number of Topliss-reactive ketones (excluding diaryl/α,β-unsaturated/α-hetero) is 2. The molecule has 5 rings (SSSR count). The van der Waals surface area contributed by atoms with Crippen LogP contribution in [0.3, 0.4) is 0 Å². The van der Waals surface area contributed by atoms with E-state index in [-0.39, 0.29) is 49.1 Å². The Balaban J connectivity index is 1.47. The summed E-state index contributed by atoms with van der Waals surface area (Å²) in [5.41, 5.74) is 4.93. The van der Waals surface area contributed by atoms with Gasteiger partial charge in [-0.2, -0.15) is 0 Å². The van der Waals surface area contributed by atoms with Crippen molar-refractivity contribution in [2.24, 2.45) is 5.92 Å². The van der Waals surface area contributed by atoms with Gasteiger partial charge in [-0.15, -0.1) is 0 Å². The fraction of sp³-hybridized carbons (Fsp3) is 0.300. The van der Waals surface area contributed by atoms with Crippen LogP contribution in [0.1, 0.15) is 54.0 Å². The average molecular weight is 631 g/mol. The topological polar surface area (TPSA) is 102 Å². The van der Waals surface area contributed by atoms with Crippen molar-refractivity contribution in [3.05, 3.63) is 131 Å². The molecule has 1 heterocycles. The number of fused-ring (bicyclic) bond motifs is 4. The second-order valence-electron chi connectivity index (χ2n) is 12.5. The van der Waals surface area contributed by atoms with E-state index in [1.165, 1.54) is 6.92 Å². The van der Waals surface area contributed by atoms with E-state index in [1.807, 2.05) is 110 Å². The summed E-state index contributed by atoms with van der Waals surface area (Å²) >= 11 is 0. The lowest BCUT2D eigenvalue weighted by molar-refractivity contribution is -0.133. The molecule has 7 heteroatoms. The Morgan fingerprint density at radius 1 is 0.766 bits per heavy atom. The van der Waals surface area contributed by atoms with Crippen molar-refractivity contribution >= 4 is 23.4 Å². The first-order chi connectivity index (χ1) is 22.7. The number of carbonyl (C=O) groups is 4. The van der Waals surface area contributed by atoms with Gasteiger partial charge in [0.05, 0.1) is 12.1 Å². The van der Waals surface area contributed by atoms with E-state index in [2.05, 4.69) is 10.6 Å². The maximum atomic E-state index is 14.1. The molecule has 2 amide bonds. The summed E-state index contributed by atoms with van der Waals surface area (Å²) in [4.78, 5) is 53.9. The zero-order valence-corrected chi connectivity index (χ0v) is 27.0. The number of rotatable bonds is 8. The number of ether oxygens (including phenoxy) is 1. The second kappa shape index (κ2) is 16.0. The quantitative estimate of drug-likeness (QED) is 0.239. The molecule has 0 saturated heterocycles. The van der Waals surface area contributed by atoms with Crippen molar-refractivity contribution in [1.29, 1.82) is 0 Å². The van der Waals surface area contributed by atoms with E-state index in [9.17, 15) is 19.2 Å². The number of amides is 2. The molecular formula is C40H42N2O5. The Hall–Kier alpha value is -5.04. The lowest BCUT2D eigenvalue weighted by Gasteiger charge is -2.25. The fourth-order valence-corrected chi connectivity index (χ4v) is 6.00. The van der Waals surface area contributed by atoms with Crippen molar-refractivity contribution < 1.29 is 23.9 Å². The number of ketones is 2. The molecule has 47 heavy (non-hydrogen) atoms. The summed E-state index contributed by atoms with van der Waals surface area (Å²) in [6, 6.07) is 31.3. The van der Waals surface area contributed by atoms with Gasteiger partial charge in [0.2, 0.25) is 11.8 Å². The lowest BCUT2D eigenvalue weighted by atomic mass is 9.89. The zero-order chi connectivity index (χ0) is 33.2. The van der Waals surface area contributed by atoms with Gasteiger partial charge < -0.3 is 15.4 Å². The predicted octanol–water partition coefficient (Wildman–Crippen LogP) is 6.29. The molecule has 1 aliphatic rings. The largest absolute Gasteiger partial charge is 0.457 e. The molecular weight excluding hydrogens is 588 g/mol. The van der Waals surface area contributed by atoms with Gasteiger partial charge >= 0.3 is 0 Å². The number of hydrogen-bond donors (Lipinski definition) is 2. The predicted molar refractivity (Wildman–Crippen MR) is 182 cm³/mol. The van der Waals surface area contributed by atoms with Gasteiger partial charge in [0, 0.05) is 25.7 Å². The molecule has 0 saturated carbocycles. The van der Waals surface area contributed by atoms with Crippen LogP contribution in [-0.2, 0) is 44.9 Å². The Kier molecular flexibility index (Phi) is 11.3. The molecule has 4 aromatic rings. The summed E-state index contributed by atoms with van der Waals surface area (Å²) in [7, 11) is 0. The molecule has 7 nitrogen and oxygen atoms in total. The Bertz CT molecular complexity index is 1700. The van der Waals surface area contributed by atoms with Crippen LogP contribution >= 0.6 is 0 Å². The number of aryl methyl sites for hydroxylation is 3. The molecule has 3 atom stereocenters. The van der Waals surface area contributed by atoms with Crippen molar-refractivity contribution in [3.8, 4) is 11.5 Å². The Labute approximate surface area is 276 Å². The summed E-state index contributed by atoms with van der Waals surface area (Å²) in [5.74, 6) is -0.486. The van der Waals surface area contributed by atoms with Crippen LogP contribution in [0, 0.1) is 12.8 Å². The van der Waals surface area contributed by atoms with E-state index in [4.69, 9.17) is 4.74 Å². The summed E-state index contributed by atoms with van der Waals surface area (Å²) in [5, 5.41) is 5.86. The van der Waals surface area contributed by atoms with Gasteiger partial charge in [-0.1, -0.05) is 84.4 Å². The third-order valence-electron chi connectivity index (χ3n) is 8.61. The Morgan fingerprint density at radius 3 is 2.06 bits per heavy atom. The number of nitrogens with one attached hydrogen (secondary N) is 2. The van der Waals surface area contributed by atoms with Crippen LogP contribution in [0.2, 0.25) is 0 Å². The van der Waals surface area contributed by atoms with Gasteiger partial charge in [0.15, 0.2) is 11.6 Å². The fourth-order valence-electron chi connectivity index (χ4n) is 6.00. The minimum atomic E-state index is -0.821. The molecule has 0 unspecified atom stereocenters. The minimum Gasteiger partial charge on any atom is -0.457 e. The highest BCUT2D eigenvalue weighted by Gasteiger charge is 2.30. The second-order valence-corrected chi connectivity index (χ2v) is 12.5. The highest BCUT2D eigenvalue weighted by molar-refractivity contribution is 5.94. The van der Waals surface area contributed by atoms with E-state index in [1.54, 1.807) is 0 Å². The zero-order valence-electron chi connectivity index (χ0n) is 27.0. The molecule has 4 bridgehead atoms. The number of hydrogen-bond acceptors (Lipinski definition) is 5. The Morgan fingerprint density at radius 2 is 1.40 bits per heavy atom. The average Bonchev–Trinajstić information content (AvgIpc) is 3.05. The van der Waals surface area contributed by atoms with Gasteiger partial charge in [-0.05, 0) is 85.5 Å². The van der Waals surface area contributed by atoms with Crippen LogP contribution in [-0.4, -0.2) is 35.5 Å². The van der Waals surface area contributed by atoms with Gasteiger partial charge in [-0.25, -0.2) is 0 Å². The van der Waals surface area contributed by atoms with E-state index >= 15 is 0 Å². The first-order valence-electron chi connectivity index (χ1n) is 16.3. The maximum Gasteiger partial charge on any atom is 0.224 e. The summed E-state index contributed by atoms with van der Waals surface area (Å²) in [6.07, 6.45) is 2.28. The van der Waals surface area contributed by atoms with Gasteiger partial charge in [0.25, 0.3) is 0 Å². The molecule has 242 valence electrons. The number of carbonyl (C=O) groups excluding carboxylic acids is 4. The standard InChI is InChI=1S/C40H42N2O5/c1-27-14-16-30(17-15-27)19-21-38(44)36-24-31-10-6-12-34(22-31)47-35-13-7-11-32(23-35)25-37(41-28(2)43)39(45)26-33(40(46)42-36)20-18-29-8-4-3-5-9-29/h3-17,22-23,33,36-37H,18-21,24-26H2,1-2H3,(H,41,43)(H,42,46)/t33-,36+,37+/m1/s1. The van der Waals surface area contributed by atoms with E-state index in [0.29, 0.717) is 30.8 Å². The normalized spacial score (nSPS) is 18.5. The van der Waals surface area contributed by atoms with Gasteiger partial charge in [0.1, 0.15) is 11.5 Å². The molecule has 0 radical (unpaired) electrons. The summed E-state index contributed by atoms with van der Waals surface area (Å²) < 4.78 is 6.18. The summed E-state index contributed by atoms with van der Waals surface area (Å²) in [6.45, 7) is 3.40.